The number of benzene rings is 1. The van der Waals surface area contributed by atoms with Gasteiger partial charge in [0.05, 0.1) is 18.1 Å². The number of methoxy groups -OCH3 is 1. The molecule has 2 aliphatic rings. The fraction of sp³-hybridized carbons (Fsp3) is 0.375. The monoisotopic (exact) mass is 318 g/mol. The van der Waals surface area contributed by atoms with E-state index in [1.165, 1.54) is 29.3 Å². The molecule has 1 unspecified atom stereocenters. The molecular formula is C16H18N2O3S. The van der Waals surface area contributed by atoms with Gasteiger partial charge in [-0.25, -0.2) is 5.01 Å². The second kappa shape index (κ2) is 5.68. The first-order valence-corrected chi connectivity index (χ1v) is 7.99. The van der Waals surface area contributed by atoms with Crippen molar-refractivity contribution in [1.29, 1.82) is 0 Å². The number of ether oxygens (including phenoxy) is 1. The lowest BCUT2D eigenvalue weighted by Gasteiger charge is -2.37. The minimum atomic E-state index is -0.230. The first-order valence-electron chi connectivity index (χ1n) is 7.17. The van der Waals surface area contributed by atoms with Crippen molar-refractivity contribution in [3.63, 3.8) is 0 Å². The Morgan fingerprint density at radius 1 is 1.45 bits per heavy atom. The number of rotatable bonds is 2. The third-order valence-electron chi connectivity index (χ3n) is 3.88. The Balaban J connectivity index is 1.92. The summed E-state index contributed by atoms with van der Waals surface area (Å²) < 4.78 is 5.25. The van der Waals surface area contributed by atoms with Crippen molar-refractivity contribution in [2.45, 2.75) is 37.6 Å². The summed E-state index contributed by atoms with van der Waals surface area (Å²) in [4.78, 5) is 25.7. The summed E-state index contributed by atoms with van der Waals surface area (Å²) in [6, 6.07) is 5.93. The number of fused-ring (bicyclic) bond motifs is 1. The molecule has 5 nitrogen and oxygen atoms in total. The number of nitrogens with one attached hydrogen (secondary N) is 1. The van der Waals surface area contributed by atoms with Crippen molar-refractivity contribution >= 4 is 23.6 Å². The fourth-order valence-corrected chi connectivity index (χ4v) is 3.99. The van der Waals surface area contributed by atoms with Crippen LogP contribution in [0.15, 0.2) is 33.6 Å². The summed E-state index contributed by atoms with van der Waals surface area (Å²) in [6.45, 7) is 3.36. The smallest absolute Gasteiger partial charge is 0.279 e. The summed E-state index contributed by atoms with van der Waals surface area (Å²) in [5.74, 6) is 0.431. The van der Waals surface area contributed by atoms with Gasteiger partial charge in [-0.1, -0.05) is 17.8 Å². The van der Waals surface area contributed by atoms with Gasteiger partial charge in [0, 0.05) is 11.8 Å². The highest BCUT2D eigenvalue weighted by molar-refractivity contribution is 8.04. The van der Waals surface area contributed by atoms with Gasteiger partial charge in [0.2, 0.25) is 5.91 Å². The van der Waals surface area contributed by atoms with Gasteiger partial charge >= 0.3 is 0 Å². The Morgan fingerprint density at radius 2 is 2.23 bits per heavy atom. The van der Waals surface area contributed by atoms with Crippen molar-refractivity contribution in [2.75, 3.05) is 7.11 Å². The van der Waals surface area contributed by atoms with Crippen LogP contribution in [0, 0.1) is 0 Å². The van der Waals surface area contributed by atoms with Gasteiger partial charge < -0.3 is 4.74 Å². The zero-order valence-corrected chi connectivity index (χ0v) is 13.6. The lowest BCUT2D eigenvalue weighted by Crippen LogP contribution is -2.53. The van der Waals surface area contributed by atoms with Gasteiger partial charge in [-0.2, -0.15) is 0 Å². The zero-order valence-electron chi connectivity index (χ0n) is 12.8. The number of carbonyl (C=O) groups is 2. The second-order valence-electron chi connectivity index (χ2n) is 5.58. The average Bonchev–Trinajstić information content (AvgIpc) is 2.49. The van der Waals surface area contributed by atoms with Crippen molar-refractivity contribution in [3.05, 3.63) is 34.2 Å². The predicted molar refractivity (Wildman–Crippen MR) is 84.3 cm³/mol. The lowest BCUT2D eigenvalue weighted by atomic mass is 9.95. The number of nitrogens with zero attached hydrogens (tertiary/aromatic N) is 1. The van der Waals surface area contributed by atoms with E-state index in [0.717, 1.165) is 34.0 Å². The van der Waals surface area contributed by atoms with Crippen LogP contribution in [0.4, 0.5) is 0 Å². The van der Waals surface area contributed by atoms with E-state index in [1.807, 2.05) is 19.1 Å². The summed E-state index contributed by atoms with van der Waals surface area (Å²) in [6.07, 6.45) is 1.56. The van der Waals surface area contributed by atoms with E-state index in [2.05, 4.69) is 11.5 Å². The van der Waals surface area contributed by atoms with Crippen LogP contribution < -0.4 is 10.2 Å². The third-order valence-corrected chi connectivity index (χ3v) is 5.15. The topological polar surface area (TPSA) is 58.6 Å². The van der Waals surface area contributed by atoms with E-state index in [-0.39, 0.29) is 17.9 Å². The highest BCUT2D eigenvalue weighted by Gasteiger charge is 2.35. The van der Waals surface area contributed by atoms with Gasteiger partial charge in [-0.15, -0.1) is 0 Å². The molecule has 3 rings (SSSR count). The summed E-state index contributed by atoms with van der Waals surface area (Å²) in [7, 11) is 1.63. The Bertz CT molecular complexity index is 684. The van der Waals surface area contributed by atoms with Crippen LogP contribution in [0.25, 0.3) is 0 Å². The lowest BCUT2D eigenvalue weighted by molar-refractivity contribution is -0.140. The number of hydrogen-bond acceptors (Lipinski definition) is 4. The molecule has 0 aliphatic carbocycles. The molecule has 2 amide bonds. The molecule has 1 aromatic carbocycles. The maximum atomic E-state index is 12.7. The SMILES string of the molecule is COc1ccc2c(c1)SC1=C(C2)CC(C)N(NC(C)=O)C1=O. The molecular weight excluding hydrogens is 300 g/mol. The van der Waals surface area contributed by atoms with Crippen molar-refractivity contribution in [2.24, 2.45) is 0 Å². The first-order chi connectivity index (χ1) is 10.5. The Hall–Kier alpha value is -1.95. The molecule has 2 aliphatic heterocycles. The van der Waals surface area contributed by atoms with Crippen molar-refractivity contribution < 1.29 is 14.3 Å². The Morgan fingerprint density at radius 3 is 2.91 bits per heavy atom. The van der Waals surface area contributed by atoms with Crippen LogP contribution in [0.5, 0.6) is 5.75 Å². The predicted octanol–water partition coefficient (Wildman–Crippen LogP) is 2.27. The second-order valence-corrected chi connectivity index (χ2v) is 6.63. The minimum absolute atomic E-state index is 0.0319. The van der Waals surface area contributed by atoms with Gasteiger partial charge in [0.25, 0.3) is 5.91 Å². The molecule has 2 heterocycles. The molecule has 0 spiro atoms. The number of amides is 2. The van der Waals surface area contributed by atoms with Crippen molar-refractivity contribution in [1.82, 2.24) is 10.4 Å². The summed E-state index contributed by atoms with van der Waals surface area (Å²) in [5, 5.41) is 1.44. The van der Waals surface area contributed by atoms with Crippen LogP contribution in [0.1, 0.15) is 25.8 Å². The van der Waals surface area contributed by atoms with E-state index in [4.69, 9.17) is 4.74 Å². The quantitative estimate of drug-likeness (QED) is 0.909. The molecule has 0 bridgehead atoms. The largest absolute Gasteiger partial charge is 0.497 e. The number of carbonyl (C=O) groups excluding carboxylic acids is 2. The van der Waals surface area contributed by atoms with Crippen LogP contribution in [-0.2, 0) is 16.0 Å². The minimum Gasteiger partial charge on any atom is -0.497 e. The highest BCUT2D eigenvalue weighted by atomic mass is 32.2. The molecule has 116 valence electrons. The van der Waals surface area contributed by atoms with E-state index in [1.54, 1.807) is 7.11 Å². The van der Waals surface area contributed by atoms with E-state index in [0.29, 0.717) is 0 Å². The molecule has 6 heteroatoms. The molecule has 22 heavy (non-hydrogen) atoms. The molecule has 0 fully saturated rings. The van der Waals surface area contributed by atoms with Crippen LogP contribution in [0.3, 0.4) is 0 Å². The average molecular weight is 318 g/mol. The molecule has 0 radical (unpaired) electrons. The first kappa shape index (κ1) is 15.0. The number of hydrazine groups is 1. The molecule has 0 aromatic heterocycles. The van der Waals surface area contributed by atoms with Gasteiger partial charge in [0.15, 0.2) is 0 Å². The van der Waals surface area contributed by atoms with Crippen LogP contribution in [0.2, 0.25) is 0 Å². The van der Waals surface area contributed by atoms with Crippen LogP contribution >= 0.6 is 11.8 Å². The van der Waals surface area contributed by atoms with E-state index >= 15 is 0 Å². The Kier molecular flexibility index (Phi) is 3.87. The third kappa shape index (κ3) is 2.59. The van der Waals surface area contributed by atoms with Gasteiger partial charge in [-0.3, -0.25) is 15.0 Å². The van der Waals surface area contributed by atoms with Gasteiger partial charge in [0.1, 0.15) is 5.75 Å². The number of hydrogen-bond donors (Lipinski definition) is 1. The van der Waals surface area contributed by atoms with Crippen LogP contribution in [-0.4, -0.2) is 30.0 Å². The Labute approximate surface area is 133 Å². The van der Waals surface area contributed by atoms with E-state index < -0.39 is 0 Å². The maximum Gasteiger partial charge on any atom is 0.279 e. The number of thioether (sulfide) groups is 1. The molecule has 1 N–H and O–H groups in total. The van der Waals surface area contributed by atoms with E-state index in [9.17, 15) is 9.59 Å². The highest BCUT2D eigenvalue weighted by Crippen LogP contribution is 2.44. The fourth-order valence-electron chi connectivity index (χ4n) is 2.84. The standard InChI is InChI=1S/C16H18N2O3S/c1-9-6-12-7-11-4-5-13(21-3)8-14(11)22-15(12)16(20)18(9)17-10(2)19/h4-5,8-9H,6-7H2,1-3H3,(H,17,19). The maximum absolute atomic E-state index is 12.7. The molecule has 1 aromatic rings. The molecule has 1 atom stereocenters. The normalized spacial score (nSPS) is 20.4. The molecule has 0 saturated carbocycles. The zero-order chi connectivity index (χ0) is 15.9. The van der Waals surface area contributed by atoms with Crippen molar-refractivity contribution in [3.8, 4) is 5.75 Å². The summed E-state index contributed by atoms with van der Waals surface area (Å²) >= 11 is 1.47. The van der Waals surface area contributed by atoms with Gasteiger partial charge in [-0.05, 0) is 43.0 Å². The molecule has 0 saturated heterocycles. The summed E-state index contributed by atoms with van der Waals surface area (Å²) in [5.41, 5.74) is 5.01.